The van der Waals surface area contributed by atoms with E-state index in [0.29, 0.717) is 26.1 Å². The fraction of sp³-hybridized carbons (Fsp3) is 0.846. The molecule has 1 atom stereocenters. The predicted molar refractivity (Wildman–Crippen MR) is 76.5 cm³/mol. The highest BCUT2D eigenvalue weighted by atomic mass is 16.4. The van der Waals surface area contributed by atoms with Gasteiger partial charge in [-0.1, -0.05) is 12.1 Å². The molecule has 0 spiro atoms. The molecule has 0 aromatic rings. The van der Waals surface area contributed by atoms with Crippen LogP contribution in [0.4, 0.5) is 0 Å². The van der Waals surface area contributed by atoms with E-state index in [1.165, 1.54) is 0 Å². The molecule has 1 aliphatic rings. The molecule has 1 rings (SSSR count). The molecule has 7 nitrogen and oxygen atoms in total. The van der Waals surface area contributed by atoms with Crippen LogP contribution in [0.15, 0.2) is 5.16 Å². The van der Waals surface area contributed by atoms with E-state index >= 15 is 0 Å². The molecule has 20 heavy (non-hydrogen) atoms. The fourth-order valence-corrected chi connectivity index (χ4v) is 2.47. The van der Waals surface area contributed by atoms with E-state index in [9.17, 15) is 9.90 Å². The molecule has 1 aliphatic heterocycles. The molecule has 4 N–H and O–H groups in total. The lowest BCUT2D eigenvalue weighted by molar-refractivity contribution is -0.135. The number of nitrogens with zero attached hydrogens (tertiary/aromatic N) is 3. The molecule has 1 amide bonds. The van der Waals surface area contributed by atoms with Crippen molar-refractivity contribution >= 4 is 11.7 Å². The summed E-state index contributed by atoms with van der Waals surface area (Å²) < 4.78 is 0. The van der Waals surface area contributed by atoms with Crippen LogP contribution >= 0.6 is 0 Å². The van der Waals surface area contributed by atoms with Crippen molar-refractivity contribution < 1.29 is 15.1 Å². The number of hydrogen-bond donors (Lipinski definition) is 3. The van der Waals surface area contributed by atoms with Crippen LogP contribution in [0.5, 0.6) is 0 Å². The van der Waals surface area contributed by atoms with Gasteiger partial charge >= 0.3 is 0 Å². The minimum Gasteiger partial charge on any atom is -0.409 e. The summed E-state index contributed by atoms with van der Waals surface area (Å²) in [7, 11) is 0. The number of carbonyl (C=O) groups is 1. The molecule has 0 radical (unpaired) electrons. The molecule has 1 fully saturated rings. The Hall–Kier alpha value is -1.34. The summed E-state index contributed by atoms with van der Waals surface area (Å²) in [6.07, 6.45) is 0.513. The average molecular weight is 286 g/mol. The van der Waals surface area contributed by atoms with Crippen LogP contribution in [0.3, 0.4) is 0 Å². The van der Waals surface area contributed by atoms with Gasteiger partial charge in [0.05, 0.1) is 11.5 Å². The van der Waals surface area contributed by atoms with Gasteiger partial charge < -0.3 is 20.9 Å². The number of amidine groups is 1. The number of nitrogens with two attached hydrogens (primary N) is 1. The summed E-state index contributed by atoms with van der Waals surface area (Å²) >= 11 is 0. The van der Waals surface area contributed by atoms with Crippen molar-refractivity contribution in [3.05, 3.63) is 0 Å². The zero-order valence-corrected chi connectivity index (χ0v) is 12.5. The molecule has 0 aromatic carbocycles. The van der Waals surface area contributed by atoms with Gasteiger partial charge in [0.25, 0.3) is 0 Å². The Bertz CT molecular complexity index is 357. The minimum atomic E-state index is -0.730. The molecule has 0 saturated carbocycles. The summed E-state index contributed by atoms with van der Waals surface area (Å²) in [4.78, 5) is 16.2. The smallest absolute Gasteiger partial charge is 0.233 e. The summed E-state index contributed by atoms with van der Waals surface area (Å²) in [6.45, 7) is 8.63. The number of amides is 1. The first-order valence-electron chi connectivity index (χ1n) is 6.99. The SMILES string of the molecule is CCC(C(=O)N1CCN(CC(C)(C)O)CC1)C(N)=NO. The van der Waals surface area contributed by atoms with Gasteiger partial charge in [0.1, 0.15) is 0 Å². The maximum Gasteiger partial charge on any atom is 0.233 e. The van der Waals surface area contributed by atoms with Crippen molar-refractivity contribution in [2.24, 2.45) is 16.8 Å². The second-order valence-corrected chi connectivity index (χ2v) is 5.90. The van der Waals surface area contributed by atoms with Crippen molar-refractivity contribution in [2.45, 2.75) is 32.8 Å². The fourth-order valence-electron chi connectivity index (χ4n) is 2.47. The molecule has 1 unspecified atom stereocenters. The normalized spacial score (nSPS) is 20.0. The number of oxime groups is 1. The standard InChI is InChI=1S/C13H26N4O3/c1-4-10(11(14)15-20)12(18)17-7-5-16(6-8-17)9-13(2,3)19/h10,19-20H,4-9H2,1-3H3,(H2,14,15). The van der Waals surface area contributed by atoms with Crippen LogP contribution in [0.2, 0.25) is 0 Å². The number of aliphatic hydroxyl groups is 1. The van der Waals surface area contributed by atoms with E-state index in [1.54, 1.807) is 18.7 Å². The molecule has 116 valence electrons. The van der Waals surface area contributed by atoms with E-state index in [1.807, 2.05) is 6.92 Å². The number of piperazine rings is 1. The second kappa shape index (κ2) is 6.90. The molecule has 1 heterocycles. The monoisotopic (exact) mass is 286 g/mol. The van der Waals surface area contributed by atoms with Gasteiger partial charge in [-0.05, 0) is 20.3 Å². The molecular formula is C13H26N4O3. The third-order valence-electron chi connectivity index (χ3n) is 3.47. The molecule has 7 heteroatoms. The zero-order chi connectivity index (χ0) is 15.3. The largest absolute Gasteiger partial charge is 0.409 e. The van der Waals surface area contributed by atoms with Gasteiger partial charge in [-0.3, -0.25) is 9.69 Å². The lowest BCUT2D eigenvalue weighted by Gasteiger charge is -2.38. The van der Waals surface area contributed by atoms with Gasteiger partial charge in [0.2, 0.25) is 5.91 Å². The Morgan fingerprint density at radius 2 is 1.90 bits per heavy atom. The zero-order valence-electron chi connectivity index (χ0n) is 12.5. The lowest BCUT2D eigenvalue weighted by Crippen LogP contribution is -2.54. The van der Waals surface area contributed by atoms with Crippen LogP contribution in [-0.4, -0.2) is 70.2 Å². The lowest BCUT2D eigenvalue weighted by atomic mass is 10.0. The maximum atomic E-state index is 12.3. The first-order chi connectivity index (χ1) is 9.28. The van der Waals surface area contributed by atoms with Crippen molar-refractivity contribution in [1.29, 1.82) is 0 Å². The Balaban J connectivity index is 2.54. The first kappa shape index (κ1) is 16.7. The highest BCUT2D eigenvalue weighted by Gasteiger charge is 2.30. The van der Waals surface area contributed by atoms with Crippen LogP contribution < -0.4 is 5.73 Å². The summed E-state index contributed by atoms with van der Waals surface area (Å²) in [6, 6.07) is 0. The Morgan fingerprint density at radius 1 is 1.35 bits per heavy atom. The number of β-amino-alcohol motifs (C(OH)–C–C–N with tert-alkyl or cyclic N) is 1. The number of rotatable bonds is 5. The van der Waals surface area contributed by atoms with E-state index in [2.05, 4.69) is 10.1 Å². The third kappa shape index (κ3) is 4.64. The minimum absolute atomic E-state index is 0.0311. The Kier molecular flexibility index (Phi) is 5.76. The number of hydrogen-bond acceptors (Lipinski definition) is 5. The van der Waals surface area contributed by atoms with E-state index < -0.39 is 11.5 Å². The van der Waals surface area contributed by atoms with E-state index in [-0.39, 0.29) is 11.7 Å². The van der Waals surface area contributed by atoms with Gasteiger partial charge in [-0.25, -0.2) is 0 Å². The summed E-state index contributed by atoms with van der Waals surface area (Å²) in [5, 5.41) is 21.4. The summed E-state index contributed by atoms with van der Waals surface area (Å²) in [5.41, 5.74) is 4.82. The molecule has 0 aromatic heterocycles. The van der Waals surface area contributed by atoms with Gasteiger partial charge in [-0.2, -0.15) is 0 Å². The van der Waals surface area contributed by atoms with Crippen molar-refractivity contribution in [3.63, 3.8) is 0 Å². The van der Waals surface area contributed by atoms with Crippen molar-refractivity contribution in [3.8, 4) is 0 Å². The average Bonchev–Trinajstić information content (AvgIpc) is 2.38. The second-order valence-electron chi connectivity index (χ2n) is 5.90. The molecule has 0 bridgehead atoms. The predicted octanol–water partition coefficient (Wildman–Crippen LogP) is -0.326. The van der Waals surface area contributed by atoms with Crippen LogP contribution in [0, 0.1) is 5.92 Å². The topological polar surface area (TPSA) is 102 Å². The van der Waals surface area contributed by atoms with E-state index in [0.717, 1.165) is 13.1 Å². The van der Waals surface area contributed by atoms with Crippen LogP contribution in [0.1, 0.15) is 27.2 Å². The maximum absolute atomic E-state index is 12.3. The van der Waals surface area contributed by atoms with E-state index in [4.69, 9.17) is 10.9 Å². The van der Waals surface area contributed by atoms with Crippen molar-refractivity contribution in [1.82, 2.24) is 9.80 Å². The molecule has 0 aliphatic carbocycles. The third-order valence-corrected chi connectivity index (χ3v) is 3.47. The Labute approximate surface area is 120 Å². The van der Waals surface area contributed by atoms with Crippen LogP contribution in [-0.2, 0) is 4.79 Å². The summed E-state index contributed by atoms with van der Waals surface area (Å²) in [5.74, 6) is -0.678. The molecule has 1 saturated heterocycles. The highest BCUT2D eigenvalue weighted by molar-refractivity contribution is 6.02. The van der Waals surface area contributed by atoms with Gasteiger partial charge in [-0.15, -0.1) is 0 Å². The van der Waals surface area contributed by atoms with Gasteiger partial charge in [0, 0.05) is 32.7 Å². The van der Waals surface area contributed by atoms with Gasteiger partial charge in [0.15, 0.2) is 5.84 Å². The Morgan fingerprint density at radius 3 is 2.30 bits per heavy atom. The quantitative estimate of drug-likeness (QED) is 0.278. The first-order valence-corrected chi connectivity index (χ1v) is 6.99. The number of carbonyl (C=O) groups excluding carboxylic acids is 1. The molecular weight excluding hydrogens is 260 g/mol. The van der Waals surface area contributed by atoms with Crippen LogP contribution in [0.25, 0.3) is 0 Å². The highest BCUT2D eigenvalue weighted by Crippen LogP contribution is 2.13. The van der Waals surface area contributed by atoms with Crippen molar-refractivity contribution in [2.75, 3.05) is 32.7 Å².